The Morgan fingerprint density at radius 3 is 2.61 bits per heavy atom. The highest BCUT2D eigenvalue weighted by Gasteiger charge is 2.30. The van der Waals surface area contributed by atoms with Gasteiger partial charge in [0.25, 0.3) is 5.91 Å². The van der Waals surface area contributed by atoms with Crippen molar-refractivity contribution in [1.82, 2.24) is 0 Å². The van der Waals surface area contributed by atoms with Crippen LogP contribution < -0.4 is 15.8 Å². The minimum Gasteiger partial charge on any atom is -0.496 e. The van der Waals surface area contributed by atoms with Gasteiger partial charge in [0.1, 0.15) is 16.6 Å². The molecule has 1 aromatic heterocycles. The second-order valence-corrected chi connectivity index (χ2v) is 6.28. The molecule has 0 aliphatic heterocycles. The Labute approximate surface area is 136 Å². The fourth-order valence-corrected chi connectivity index (χ4v) is 4.31. The van der Waals surface area contributed by atoms with E-state index in [9.17, 15) is 14.0 Å². The number of amides is 2. The van der Waals surface area contributed by atoms with Crippen LogP contribution in [-0.4, -0.2) is 18.9 Å². The van der Waals surface area contributed by atoms with Crippen LogP contribution >= 0.6 is 11.3 Å². The van der Waals surface area contributed by atoms with E-state index in [1.54, 1.807) is 6.07 Å². The average molecular weight is 334 g/mol. The highest BCUT2D eigenvalue weighted by atomic mass is 32.1. The van der Waals surface area contributed by atoms with Gasteiger partial charge in [-0.3, -0.25) is 9.59 Å². The third-order valence-electron chi connectivity index (χ3n) is 3.83. The van der Waals surface area contributed by atoms with Crippen molar-refractivity contribution in [3.05, 3.63) is 34.6 Å². The van der Waals surface area contributed by atoms with E-state index < -0.39 is 5.91 Å². The number of halogens is 1. The van der Waals surface area contributed by atoms with Crippen LogP contribution in [0.2, 0.25) is 0 Å². The summed E-state index contributed by atoms with van der Waals surface area (Å²) in [5.74, 6) is -0.668. The number of ether oxygens (including phenoxy) is 1. The van der Waals surface area contributed by atoms with E-state index in [4.69, 9.17) is 10.5 Å². The first-order chi connectivity index (χ1) is 10.9. The Morgan fingerprint density at radius 2 is 2.00 bits per heavy atom. The number of nitrogens with one attached hydrogen (secondary N) is 1. The van der Waals surface area contributed by atoms with Crippen LogP contribution in [0.15, 0.2) is 12.1 Å². The average Bonchev–Trinajstić information content (AvgIpc) is 2.85. The number of anilines is 1. The molecule has 0 unspecified atom stereocenters. The van der Waals surface area contributed by atoms with Gasteiger partial charge in [-0.1, -0.05) is 0 Å². The van der Waals surface area contributed by atoms with Gasteiger partial charge in [0.2, 0.25) is 5.91 Å². The van der Waals surface area contributed by atoms with E-state index in [-0.39, 0.29) is 11.7 Å². The Balaban J connectivity index is 2.29. The molecule has 0 saturated carbocycles. The lowest BCUT2D eigenvalue weighted by atomic mass is 9.88. The van der Waals surface area contributed by atoms with E-state index in [0.717, 1.165) is 10.4 Å². The molecule has 120 valence electrons. The molecule has 0 bridgehead atoms. The molecule has 0 saturated heterocycles. The summed E-state index contributed by atoms with van der Waals surface area (Å²) >= 11 is 1.22. The quantitative estimate of drug-likeness (QED) is 0.905. The minimum absolute atomic E-state index is 0.294. The zero-order valence-electron chi connectivity index (χ0n) is 12.7. The molecule has 3 rings (SSSR count). The lowest BCUT2D eigenvalue weighted by molar-refractivity contribution is -0.114. The highest BCUT2D eigenvalue weighted by molar-refractivity contribution is 7.20. The van der Waals surface area contributed by atoms with Crippen LogP contribution in [0.3, 0.4) is 0 Å². The van der Waals surface area contributed by atoms with Gasteiger partial charge in [-0.25, -0.2) is 4.39 Å². The number of hydrogen-bond donors (Lipinski definition) is 2. The summed E-state index contributed by atoms with van der Waals surface area (Å²) < 4.78 is 19.5. The SMILES string of the molecule is COc1ccc(F)c2c1-c1sc(NC(C)=O)c(C(N)=O)c1CC2. The molecule has 7 heteroatoms. The summed E-state index contributed by atoms with van der Waals surface area (Å²) in [5.41, 5.74) is 7.73. The molecule has 5 nitrogen and oxygen atoms in total. The summed E-state index contributed by atoms with van der Waals surface area (Å²) in [6.45, 7) is 1.36. The summed E-state index contributed by atoms with van der Waals surface area (Å²) in [5, 5.41) is 3.04. The number of fused-ring (bicyclic) bond motifs is 3. The third kappa shape index (κ3) is 2.46. The summed E-state index contributed by atoms with van der Waals surface area (Å²) in [6.07, 6.45) is 0.933. The fourth-order valence-electron chi connectivity index (χ4n) is 2.93. The minimum atomic E-state index is -0.606. The molecular formula is C16H15FN2O3S. The standard InChI is InChI=1S/C16H15FN2O3S/c1-7(20)19-16-13(15(18)21)9-4-3-8-10(17)5-6-11(22-2)12(8)14(9)23-16/h5-6H,3-4H2,1-2H3,(H2,18,21)(H,19,20). The summed E-state index contributed by atoms with van der Waals surface area (Å²) in [6, 6.07) is 2.94. The van der Waals surface area contributed by atoms with Gasteiger partial charge in [0.15, 0.2) is 0 Å². The molecule has 1 aromatic carbocycles. The van der Waals surface area contributed by atoms with E-state index >= 15 is 0 Å². The van der Waals surface area contributed by atoms with Crippen molar-refractivity contribution in [2.75, 3.05) is 12.4 Å². The molecule has 1 aliphatic rings. The second kappa shape index (κ2) is 5.66. The number of rotatable bonds is 3. The molecule has 0 spiro atoms. The molecule has 3 N–H and O–H groups in total. The Bertz CT molecular complexity index is 829. The molecule has 0 fully saturated rings. The van der Waals surface area contributed by atoms with E-state index in [0.29, 0.717) is 40.3 Å². The molecule has 23 heavy (non-hydrogen) atoms. The van der Waals surface area contributed by atoms with Gasteiger partial charge < -0.3 is 15.8 Å². The van der Waals surface area contributed by atoms with Crippen LogP contribution in [0.25, 0.3) is 10.4 Å². The smallest absolute Gasteiger partial charge is 0.252 e. The highest BCUT2D eigenvalue weighted by Crippen LogP contribution is 2.49. The Hall–Kier alpha value is -2.41. The molecular weight excluding hydrogens is 319 g/mol. The van der Waals surface area contributed by atoms with E-state index in [1.165, 1.54) is 31.4 Å². The van der Waals surface area contributed by atoms with Gasteiger partial charge in [-0.2, -0.15) is 0 Å². The molecule has 2 aromatic rings. The lowest BCUT2D eigenvalue weighted by Crippen LogP contribution is -2.17. The maximum absolute atomic E-state index is 14.1. The van der Waals surface area contributed by atoms with Gasteiger partial charge >= 0.3 is 0 Å². The maximum atomic E-state index is 14.1. The Kier molecular flexibility index (Phi) is 3.81. The topological polar surface area (TPSA) is 81.4 Å². The van der Waals surface area contributed by atoms with Crippen molar-refractivity contribution in [3.8, 4) is 16.2 Å². The van der Waals surface area contributed by atoms with Gasteiger partial charge in [-0.15, -0.1) is 11.3 Å². The Morgan fingerprint density at radius 1 is 1.30 bits per heavy atom. The normalized spacial score (nSPS) is 12.3. The van der Waals surface area contributed by atoms with Crippen molar-refractivity contribution >= 4 is 28.2 Å². The number of methoxy groups -OCH3 is 1. The molecule has 1 heterocycles. The predicted molar refractivity (Wildman–Crippen MR) is 86.5 cm³/mol. The van der Waals surface area contributed by atoms with Crippen LogP contribution in [0.5, 0.6) is 5.75 Å². The third-order valence-corrected chi connectivity index (χ3v) is 5.00. The monoisotopic (exact) mass is 334 g/mol. The van der Waals surface area contributed by atoms with Gasteiger partial charge in [0.05, 0.1) is 12.7 Å². The lowest BCUT2D eigenvalue weighted by Gasteiger charge is -2.20. The number of thiophene rings is 1. The largest absolute Gasteiger partial charge is 0.496 e. The van der Waals surface area contributed by atoms with Crippen molar-refractivity contribution in [1.29, 1.82) is 0 Å². The molecule has 2 amide bonds. The van der Waals surface area contributed by atoms with Crippen molar-refractivity contribution in [3.63, 3.8) is 0 Å². The predicted octanol–water partition coefficient (Wildman–Crippen LogP) is 2.72. The summed E-state index contributed by atoms with van der Waals surface area (Å²) in [7, 11) is 1.51. The fraction of sp³-hybridized carbons (Fsp3) is 0.250. The number of carbonyl (C=O) groups excluding carboxylic acids is 2. The van der Waals surface area contributed by atoms with Gasteiger partial charge in [0, 0.05) is 22.9 Å². The number of benzene rings is 1. The number of hydrogen-bond acceptors (Lipinski definition) is 4. The molecule has 0 radical (unpaired) electrons. The zero-order chi connectivity index (χ0) is 16.7. The van der Waals surface area contributed by atoms with Crippen LogP contribution in [0.4, 0.5) is 9.39 Å². The van der Waals surface area contributed by atoms with Crippen molar-refractivity contribution in [2.45, 2.75) is 19.8 Å². The van der Waals surface area contributed by atoms with Crippen molar-refractivity contribution in [2.24, 2.45) is 5.73 Å². The van der Waals surface area contributed by atoms with Gasteiger partial charge in [-0.05, 0) is 30.5 Å². The second-order valence-electron chi connectivity index (χ2n) is 5.26. The van der Waals surface area contributed by atoms with Crippen LogP contribution in [0, 0.1) is 5.82 Å². The maximum Gasteiger partial charge on any atom is 0.252 e. The van der Waals surface area contributed by atoms with E-state index in [2.05, 4.69) is 5.32 Å². The molecule has 0 atom stereocenters. The summed E-state index contributed by atoms with van der Waals surface area (Å²) in [4.78, 5) is 23.9. The molecule has 1 aliphatic carbocycles. The van der Waals surface area contributed by atoms with E-state index in [1.807, 2.05) is 0 Å². The number of nitrogens with two attached hydrogens (primary N) is 1. The zero-order valence-corrected chi connectivity index (χ0v) is 13.5. The first kappa shape index (κ1) is 15.5. The first-order valence-electron chi connectivity index (χ1n) is 7.02. The first-order valence-corrected chi connectivity index (χ1v) is 7.84. The number of carbonyl (C=O) groups is 2. The van der Waals surface area contributed by atoms with Crippen LogP contribution in [0.1, 0.15) is 28.4 Å². The number of primary amides is 1. The van der Waals surface area contributed by atoms with Crippen molar-refractivity contribution < 1.29 is 18.7 Å². The van der Waals surface area contributed by atoms with Crippen LogP contribution in [-0.2, 0) is 17.6 Å².